The molecule has 0 amide bonds. The molecule has 108 valence electrons. The van der Waals surface area contributed by atoms with E-state index in [0.29, 0.717) is 5.84 Å². The smallest absolute Gasteiger partial charge is 0.136 e. The lowest BCUT2D eigenvalue weighted by Crippen LogP contribution is -2.25. The predicted octanol–water partition coefficient (Wildman–Crippen LogP) is 4.90. The summed E-state index contributed by atoms with van der Waals surface area (Å²) in [5, 5.41) is 8.51. The second-order valence-corrected chi connectivity index (χ2v) is 5.62. The van der Waals surface area contributed by atoms with E-state index in [4.69, 9.17) is 5.41 Å². The molecular weight excluding hydrogens is 256 g/mol. The van der Waals surface area contributed by atoms with Crippen molar-refractivity contribution in [1.29, 1.82) is 5.41 Å². The molecule has 0 radical (unpaired) electrons. The van der Waals surface area contributed by atoms with Crippen LogP contribution in [0.5, 0.6) is 0 Å². The van der Waals surface area contributed by atoms with E-state index in [1.54, 1.807) is 6.20 Å². The minimum Gasteiger partial charge on any atom is -0.302 e. The fourth-order valence-electron chi connectivity index (χ4n) is 2.67. The SMILES string of the molecule is C=CN(C(=N)c1cc(C)cc(C)c1)c1cc(C)cc(C)c1. The van der Waals surface area contributed by atoms with Crippen LogP contribution >= 0.6 is 0 Å². The summed E-state index contributed by atoms with van der Waals surface area (Å²) >= 11 is 0. The Hall–Kier alpha value is -2.35. The quantitative estimate of drug-likeness (QED) is 0.627. The maximum Gasteiger partial charge on any atom is 0.136 e. The van der Waals surface area contributed by atoms with E-state index in [-0.39, 0.29) is 0 Å². The summed E-state index contributed by atoms with van der Waals surface area (Å²) in [6.45, 7) is 12.1. The first-order valence-corrected chi connectivity index (χ1v) is 7.08. The lowest BCUT2D eigenvalue weighted by atomic mass is 10.1. The lowest BCUT2D eigenvalue weighted by molar-refractivity contribution is 1.25. The van der Waals surface area contributed by atoms with Crippen LogP contribution in [0.4, 0.5) is 5.69 Å². The molecular formula is C19H22N2. The first-order chi connectivity index (χ1) is 9.90. The molecule has 2 nitrogen and oxygen atoms in total. The zero-order valence-corrected chi connectivity index (χ0v) is 13.2. The number of rotatable bonds is 3. The summed E-state index contributed by atoms with van der Waals surface area (Å²) in [4.78, 5) is 1.83. The lowest BCUT2D eigenvalue weighted by Gasteiger charge is -2.22. The van der Waals surface area contributed by atoms with Gasteiger partial charge in [-0.25, -0.2) is 0 Å². The first-order valence-electron chi connectivity index (χ1n) is 7.08. The van der Waals surface area contributed by atoms with Gasteiger partial charge < -0.3 is 4.90 Å². The molecule has 0 bridgehead atoms. The van der Waals surface area contributed by atoms with Gasteiger partial charge in [-0.3, -0.25) is 5.41 Å². The van der Waals surface area contributed by atoms with Gasteiger partial charge in [-0.2, -0.15) is 0 Å². The van der Waals surface area contributed by atoms with Crippen molar-refractivity contribution >= 4 is 11.5 Å². The van der Waals surface area contributed by atoms with Crippen LogP contribution in [0.2, 0.25) is 0 Å². The van der Waals surface area contributed by atoms with Gasteiger partial charge in [0.15, 0.2) is 0 Å². The number of amidine groups is 1. The molecule has 0 saturated heterocycles. The fourth-order valence-corrected chi connectivity index (χ4v) is 2.67. The number of nitrogens with one attached hydrogen (secondary N) is 1. The maximum atomic E-state index is 8.51. The molecule has 1 N–H and O–H groups in total. The summed E-state index contributed by atoms with van der Waals surface area (Å²) in [6, 6.07) is 12.5. The van der Waals surface area contributed by atoms with Gasteiger partial charge in [-0.15, -0.1) is 0 Å². The average Bonchev–Trinajstić information content (AvgIpc) is 2.37. The van der Waals surface area contributed by atoms with E-state index in [2.05, 4.69) is 58.5 Å². The fraction of sp³-hybridized carbons (Fsp3) is 0.211. The van der Waals surface area contributed by atoms with Gasteiger partial charge in [-0.1, -0.05) is 29.8 Å². The number of benzene rings is 2. The molecule has 0 saturated carbocycles. The topological polar surface area (TPSA) is 27.1 Å². The molecule has 0 heterocycles. The van der Waals surface area contributed by atoms with Gasteiger partial charge in [-0.05, 0) is 63.1 Å². The molecule has 2 aromatic rings. The van der Waals surface area contributed by atoms with E-state index in [0.717, 1.165) is 11.3 Å². The Labute approximate surface area is 127 Å². The molecule has 0 aliphatic rings. The van der Waals surface area contributed by atoms with Gasteiger partial charge in [0, 0.05) is 17.5 Å². The molecule has 0 aliphatic heterocycles. The van der Waals surface area contributed by atoms with Crippen LogP contribution in [0.25, 0.3) is 0 Å². The third-order valence-corrected chi connectivity index (χ3v) is 3.40. The van der Waals surface area contributed by atoms with Crippen LogP contribution in [-0.2, 0) is 0 Å². The van der Waals surface area contributed by atoms with Crippen LogP contribution in [-0.4, -0.2) is 5.84 Å². The van der Waals surface area contributed by atoms with Crippen LogP contribution in [0.1, 0.15) is 27.8 Å². The van der Waals surface area contributed by atoms with Crippen molar-refractivity contribution in [3.63, 3.8) is 0 Å². The predicted molar refractivity (Wildman–Crippen MR) is 91.3 cm³/mol. The molecule has 21 heavy (non-hydrogen) atoms. The van der Waals surface area contributed by atoms with Crippen molar-refractivity contribution in [3.05, 3.63) is 77.0 Å². The van der Waals surface area contributed by atoms with Gasteiger partial charge >= 0.3 is 0 Å². The average molecular weight is 278 g/mol. The Bertz CT molecular complexity index is 658. The molecule has 2 heteroatoms. The monoisotopic (exact) mass is 278 g/mol. The summed E-state index contributed by atoms with van der Waals surface area (Å²) in [5.74, 6) is 0.446. The molecule has 0 spiro atoms. The van der Waals surface area contributed by atoms with E-state index in [9.17, 15) is 0 Å². The van der Waals surface area contributed by atoms with Crippen molar-refractivity contribution < 1.29 is 0 Å². The highest BCUT2D eigenvalue weighted by atomic mass is 15.2. The number of hydrogen-bond acceptors (Lipinski definition) is 1. The molecule has 0 unspecified atom stereocenters. The number of nitrogens with zero attached hydrogens (tertiary/aromatic N) is 1. The van der Waals surface area contributed by atoms with Crippen molar-refractivity contribution in [1.82, 2.24) is 0 Å². The Morgan fingerprint density at radius 1 is 0.857 bits per heavy atom. The second kappa shape index (κ2) is 5.96. The summed E-state index contributed by atoms with van der Waals surface area (Å²) < 4.78 is 0. The zero-order chi connectivity index (χ0) is 15.6. The molecule has 2 aromatic carbocycles. The highest BCUT2D eigenvalue weighted by Gasteiger charge is 2.12. The van der Waals surface area contributed by atoms with E-state index >= 15 is 0 Å². The van der Waals surface area contributed by atoms with Gasteiger partial charge in [0.2, 0.25) is 0 Å². The Balaban J connectivity index is 2.45. The van der Waals surface area contributed by atoms with Gasteiger partial charge in [0.1, 0.15) is 5.84 Å². The van der Waals surface area contributed by atoms with Crippen molar-refractivity contribution in [2.75, 3.05) is 4.90 Å². The van der Waals surface area contributed by atoms with Crippen molar-refractivity contribution in [3.8, 4) is 0 Å². The van der Waals surface area contributed by atoms with Crippen molar-refractivity contribution in [2.24, 2.45) is 0 Å². The Morgan fingerprint density at radius 2 is 1.29 bits per heavy atom. The van der Waals surface area contributed by atoms with E-state index in [1.165, 1.54) is 22.3 Å². The van der Waals surface area contributed by atoms with Crippen molar-refractivity contribution in [2.45, 2.75) is 27.7 Å². The third-order valence-electron chi connectivity index (χ3n) is 3.40. The van der Waals surface area contributed by atoms with Crippen LogP contribution < -0.4 is 4.90 Å². The Morgan fingerprint density at radius 3 is 1.71 bits per heavy atom. The van der Waals surface area contributed by atoms with E-state index in [1.807, 2.05) is 17.0 Å². The highest BCUT2D eigenvalue weighted by molar-refractivity contribution is 6.09. The molecule has 0 aromatic heterocycles. The molecule has 0 atom stereocenters. The minimum atomic E-state index is 0.446. The van der Waals surface area contributed by atoms with Gasteiger partial charge in [0.25, 0.3) is 0 Å². The molecule has 0 aliphatic carbocycles. The van der Waals surface area contributed by atoms with Gasteiger partial charge in [0.05, 0.1) is 0 Å². The Kier molecular flexibility index (Phi) is 4.27. The standard InChI is InChI=1S/C19H22N2/c1-6-21(18-11-15(4)8-16(5)12-18)19(20)17-9-13(2)7-14(3)10-17/h6-12,20H,1H2,2-5H3. The third kappa shape index (κ3) is 3.40. The number of hydrogen-bond donors (Lipinski definition) is 1. The summed E-state index contributed by atoms with van der Waals surface area (Å²) in [7, 11) is 0. The first kappa shape index (κ1) is 15.0. The normalized spacial score (nSPS) is 10.3. The van der Waals surface area contributed by atoms with Crippen LogP contribution in [0.3, 0.4) is 0 Å². The maximum absolute atomic E-state index is 8.51. The largest absolute Gasteiger partial charge is 0.302 e. The summed E-state index contributed by atoms with van der Waals surface area (Å²) in [5.41, 5.74) is 6.59. The second-order valence-electron chi connectivity index (χ2n) is 5.62. The zero-order valence-electron chi connectivity index (χ0n) is 13.2. The molecule has 2 rings (SSSR count). The number of anilines is 1. The van der Waals surface area contributed by atoms with Crippen LogP contribution in [0, 0.1) is 33.1 Å². The van der Waals surface area contributed by atoms with E-state index < -0.39 is 0 Å². The highest BCUT2D eigenvalue weighted by Crippen LogP contribution is 2.22. The summed E-state index contributed by atoms with van der Waals surface area (Å²) in [6.07, 6.45) is 1.70. The number of aryl methyl sites for hydroxylation is 4. The van der Waals surface area contributed by atoms with Crippen LogP contribution in [0.15, 0.2) is 49.2 Å². The minimum absolute atomic E-state index is 0.446. The molecule has 0 fully saturated rings.